The zero-order chi connectivity index (χ0) is 11.2. The standard InChI is InChI=1S/C15H19N/c1-2-3-11-16-15(14-9-10-14)12-13-7-5-4-6-8-13/h4-8,14-16H,9-12H2,1H3. The molecule has 0 radical (unpaired) electrons. The van der Waals surface area contributed by atoms with Gasteiger partial charge < -0.3 is 5.32 Å². The Morgan fingerprint density at radius 1 is 1.31 bits per heavy atom. The Bertz CT molecular complexity index is 367. The second-order valence-electron chi connectivity index (χ2n) is 4.44. The fraction of sp³-hybridized carbons (Fsp3) is 0.467. The van der Waals surface area contributed by atoms with Gasteiger partial charge in [0, 0.05) is 6.04 Å². The van der Waals surface area contributed by atoms with Crippen molar-refractivity contribution in [3.8, 4) is 11.8 Å². The van der Waals surface area contributed by atoms with Crippen LogP contribution in [0, 0.1) is 17.8 Å². The van der Waals surface area contributed by atoms with Crippen LogP contribution in [0.25, 0.3) is 0 Å². The highest BCUT2D eigenvalue weighted by atomic mass is 14.9. The molecule has 0 aliphatic heterocycles. The van der Waals surface area contributed by atoms with E-state index in [4.69, 9.17) is 0 Å². The molecule has 0 heterocycles. The molecule has 16 heavy (non-hydrogen) atoms. The normalized spacial score (nSPS) is 16.3. The van der Waals surface area contributed by atoms with Crippen LogP contribution in [-0.2, 0) is 6.42 Å². The Kier molecular flexibility index (Phi) is 4.02. The molecule has 1 N–H and O–H groups in total. The zero-order valence-electron chi connectivity index (χ0n) is 9.87. The Morgan fingerprint density at radius 3 is 2.69 bits per heavy atom. The van der Waals surface area contributed by atoms with Gasteiger partial charge in [-0.15, -0.1) is 5.92 Å². The van der Waals surface area contributed by atoms with E-state index in [1.165, 1.54) is 18.4 Å². The molecule has 1 fully saturated rings. The molecule has 2 rings (SSSR count). The molecule has 1 atom stereocenters. The Labute approximate surface area is 98.3 Å². The fourth-order valence-electron chi connectivity index (χ4n) is 2.04. The van der Waals surface area contributed by atoms with E-state index in [1.807, 2.05) is 6.92 Å². The van der Waals surface area contributed by atoms with Crippen LogP contribution < -0.4 is 5.32 Å². The molecule has 0 saturated heterocycles. The van der Waals surface area contributed by atoms with Crippen molar-refractivity contribution in [3.05, 3.63) is 35.9 Å². The van der Waals surface area contributed by atoms with Crippen molar-refractivity contribution in [2.24, 2.45) is 5.92 Å². The molecule has 0 spiro atoms. The van der Waals surface area contributed by atoms with Crippen LogP contribution in [0.5, 0.6) is 0 Å². The van der Waals surface area contributed by atoms with Gasteiger partial charge >= 0.3 is 0 Å². The van der Waals surface area contributed by atoms with E-state index in [0.29, 0.717) is 6.04 Å². The van der Waals surface area contributed by atoms with Crippen molar-refractivity contribution in [1.82, 2.24) is 5.32 Å². The SMILES string of the molecule is CC#CCNC(Cc1ccccc1)C1CC1. The topological polar surface area (TPSA) is 12.0 Å². The monoisotopic (exact) mass is 213 g/mol. The average Bonchev–Trinajstić information content (AvgIpc) is 3.13. The Balaban J connectivity index is 1.89. The molecule has 1 unspecified atom stereocenters. The van der Waals surface area contributed by atoms with Crippen molar-refractivity contribution < 1.29 is 0 Å². The summed E-state index contributed by atoms with van der Waals surface area (Å²) < 4.78 is 0. The van der Waals surface area contributed by atoms with Crippen molar-refractivity contribution in [2.75, 3.05) is 6.54 Å². The molecule has 1 aliphatic rings. The first-order valence-electron chi connectivity index (χ1n) is 6.07. The highest BCUT2D eigenvalue weighted by molar-refractivity contribution is 5.17. The third kappa shape index (κ3) is 3.40. The van der Waals surface area contributed by atoms with Crippen LogP contribution >= 0.6 is 0 Å². The van der Waals surface area contributed by atoms with Crippen molar-refractivity contribution >= 4 is 0 Å². The van der Waals surface area contributed by atoms with Crippen molar-refractivity contribution in [1.29, 1.82) is 0 Å². The van der Waals surface area contributed by atoms with Gasteiger partial charge in [-0.3, -0.25) is 0 Å². The van der Waals surface area contributed by atoms with Gasteiger partial charge in [-0.25, -0.2) is 0 Å². The fourth-order valence-corrected chi connectivity index (χ4v) is 2.04. The quantitative estimate of drug-likeness (QED) is 0.741. The minimum Gasteiger partial charge on any atom is -0.303 e. The van der Waals surface area contributed by atoms with Crippen LogP contribution in [0.15, 0.2) is 30.3 Å². The lowest BCUT2D eigenvalue weighted by Gasteiger charge is -2.16. The van der Waals surface area contributed by atoms with Crippen LogP contribution in [-0.4, -0.2) is 12.6 Å². The molecular weight excluding hydrogens is 194 g/mol. The summed E-state index contributed by atoms with van der Waals surface area (Å²) in [6.07, 6.45) is 3.89. The predicted octanol–water partition coefficient (Wildman–Crippen LogP) is 2.62. The van der Waals surface area contributed by atoms with Gasteiger partial charge in [-0.1, -0.05) is 36.3 Å². The molecular formula is C15H19N. The first-order valence-corrected chi connectivity index (χ1v) is 6.07. The van der Waals surface area contributed by atoms with Crippen molar-refractivity contribution in [3.63, 3.8) is 0 Å². The predicted molar refractivity (Wildman–Crippen MR) is 68.1 cm³/mol. The molecule has 1 nitrogen and oxygen atoms in total. The largest absolute Gasteiger partial charge is 0.303 e. The highest BCUT2D eigenvalue weighted by Crippen LogP contribution is 2.33. The lowest BCUT2D eigenvalue weighted by atomic mass is 10.0. The second kappa shape index (κ2) is 5.72. The molecule has 0 bridgehead atoms. The Morgan fingerprint density at radius 2 is 2.06 bits per heavy atom. The van der Waals surface area contributed by atoms with Gasteiger partial charge in [0.2, 0.25) is 0 Å². The van der Waals surface area contributed by atoms with E-state index >= 15 is 0 Å². The molecule has 1 aromatic carbocycles. The lowest BCUT2D eigenvalue weighted by Crippen LogP contribution is -2.33. The summed E-state index contributed by atoms with van der Waals surface area (Å²) in [6, 6.07) is 11.3. The summed E-state index contributed by atoms with van der Waals surface area (Å²) in [4.78, 5) is 0. The summed E-state index contributed by atoms with van der Waals surface area (Å²) in [5, 5.41) is 3.56. The average molecular weight is 213 g/mol. The Hall–Kier alpha value is -1.26. The second-order valence-corrected chi connectivity index (χ2v) is 4.44. The van der Waals surface area contributed by atoms with Crippen LogP contribution in [0.2, 0.25) is 0 Å². The summed E-state index contributed by atoms with van der Waals surface area (Å²) in [5.74, 6) is 6.89. The third-order valence-electron chi connectivity index (χ3n) is 3.12. The van der Waals surface area contributed by atoms with E-state index in [9.17, 15) is 0 Å². The van der Waals surface area contributed by atoms with Gasteiger partial charge in [0.05, 0.1) is 6.54 Å². The van der Waals surface area contributed by atoms with Gasteiger partial charge in [0.15, 0.2) is 0 Å². The number of hydrogen-bond donors (Lipinski definition) is 1. The van der Waals surface area contributed by atoms with E-state index < -0.39 is 0 Å². The molecule has 1 saturated carbocycles. The number of hydrogen-bond acceptors (Lipinski definition) is 1. The highest BCUT2D eigenvalue weighted by Gasteiger charge is 2.30. The number of nitrogens with one attached hydrogen (secondary N) is 1. The van der Waals surface area contributed by atoms with Gasteiger partial charge in [-0.05, 0) is 37.7 Å². The number of rotatable bonds is 5. The summed E-state index contributed by atoms with van der Waals surface area (Å²) in [5.41, 5.74) is 1.43. The molecule has 0 amide bonds. The minimum absolute atomic E-state index is 0.614. The molecule has 84 valence electrons. The first-order chi connectivity index (χ1) is 7.90. The van der Waals surface area contributed by atoms with E-state index in [-0.39, 0.29) is 0 Å². The smallest absolute Gasteiger partial charge is 0.0578 e. The van der Waals surface area contributed by atoms with Crippen LogP contribution in [0.1, 0.15) is 25.3 Å². The summed E-state index contributed by atoms with van der Waals surface area (Å²) in [7, 11) is 0. The van der Waals surface area contributed by atoms with Crippen LogP contribution in [0.4, 0.5) is 0 Å². The maximum absolute atomic E-state index is 3.56. The van der Waals surface area contributed by atoms with Gasteiger partial charge in [0.25, 0.3) is 0 Å². The van der Waals surface area contributed by atoms with Crippen LogP contribution in [0.3, 0.4) is 0 Å². The molecule has 1 heteroatoms. The van der Waals surface area contributed by atoms with Gasteiger partial charge in [-0.2, -0.15) is 0 Å². The lowest BCUT2D eigenvalue weighted by molar-refractivity contribution is 0.485. The first kappa shape index (κ1) is 11.2. The zero-order valence-corrected chi connectivity index (χ0v) is 9.87. The molecule has 1 aliphatic carbocycles. The number of benzene rings is 1. The maximum atomic E-state index is 3.56. The maximum Gasteiger partial charge on any atom is 0.0578 e. The van der Waals surface area contributed by atoms with E-state index in [2.05, 4.69) is 47.5 Å². The van der Waals surface area contributed by atoms with E-state index in [1.54, 1.807) is 0 Å². The van der Waals surface area contributed by atoms with Crippen molar-refractivity contribution in [2.45, 2.75) is 32.2 Å². The molecule has 1 aromatic rings. The summed E-state index contributed by atoms with van der Waals surface area (Å²) >= 11 is 0. The molecule has 0 aromatic heterocycles. The van der Waals surface area contributed by atoms with E-state index in [0.717, 1.165) is 18.9 Å². The summed E-state index contributed by atoms with van der Waals surface area (Å²) in [6.45, 7) is 2.72. The minimum atomic E-state index is 0.614. The van der Waals surface area contributed by atoms with Gasteiger partial charge in [0.1, 0.15) is 0 Å². The third-order valence-corrected chi connectivity index (χ3v) is 3.12.